The highest BCUT2D eigenvalue weighted by atomic mass is 32.2. The van der Waals surface area contributed by atoms with Crippen molar-refractivity contribution in [2.24, 2.45) is 0 Å². The number of anilines is 1. The molecule has 186 valence electrons. The van der Waals surface area contributed by atoms with Crippen LogP contribution in [0.5, 0.6) is 0 Å². The summed E-state index contributed by atoms with van der Waals surface area (Å²) >= 11 is 0. The Morgan fingerprint density at radius 1 is 0.971 bits per heavy atom. The Balaban J connectivity index is 1.31. The Kier molecular flexibility index (Phi) is 7.54. The molecule has 0 unspecified atom stereocenters. The summed E-state index contributed by atoms with van der Waals surface area (Å²) < 4.78 is 26.9. The lowest BCUT2D eigenvalue weighted by Gasteiger charge is -2.34. The lowest BCUT2D eigenvalue weighted by Crippen LogP contribution is -2.50. The Hall–Kier alpha value is -3.21. The molecule has 0 saturated carbocycles. The van der Waals surface area contributed by atoms with E-state index in [-0.39, 0.29) is 23.3 Å². The Morgan fingerprint density at radius 3 is 2.37 bits per heavy atom. The third kappa shape index (κ3) is 5.55. The van der Waals surface area contributed by atoms with Gasteiger partial charge in [0, 0.05) is 55.9 Å². The number of aromatic amines is 1. The second kappa shape index (κ2) is 10.6. The van der Waals surface area contributed by atoms with Crippen molar-refractivity contribution in [3.63, 3.8) is 0 Å². The number of amides is 2. The molecule has 2 aromatic carbocycles. The van der Waals surface area contributed by atoms with Crippen molar-refractivity contribution in [1.29, 1.82) is 0 Å². The van der Waals surface area contributed by atoms with E-state index < -0.39 is 10.0 Å². The molecule has 0 aliphatic carbocycles. The third-order valence-corrected chi connectivity index (χ3v) is 8.29. The van der Waals surface area contributed by atoms with Gasteiger partial charge >= 0.3 is 0 Å². The second-order valence-corrected chi connectivity index (χ2v) is 10.4. The molecule has 10 heteroatoms. The molecule has 1 aromatic heterocycles. The Morgan fingerprint density at radius 2 is 1.69 bits per heavy atom. The van der Waals surface area contributed by atoms with Gasteiger partial charge in [0.25, 0.3) is 5.91 Å². The molecule has 0 atom stereocenters. The first kappa shape index (κ1) is 24.9. The van der Waals surface area contributed by atoms with Crippen molar-refractivity contribution in [2.75, 3.05) is 51.1 Å². The number of benzene rings is 2. The first-order chi connectivity index (χ1) is 16.8. The minimum absolute atomic E-state index is 0.0449. The number of hydrogen-bond acceptors (Lipinski definition) is 5. The van der Waals surface area contributed by atoms with E-state index in [1.165, 1.54) is 16.4 Å². The highest BCUT2D eigenvalue weighted by molar-refractivity contribution is 7.89. The van der Waals surface area contributed by atoms with Gasteiger partial charge in [-0.05, 0) is 30.3 Å². The first-order valence-corrected chi connectivity index (χ1v) is 13.2. The molecule has 2 N–H and O–H groups in total. The fourth-order valence-corrected chi connectivity index (χ4v) is 5.82. The van der Waals surface area contributed by atoms with Gasteiger partial charge in [0.1, 0.15) is 5.69 Å². The van der Waals surface area contributed by atoms with E-state index >= 15 is 0 Å². The highest BCUT2D eigenvalue weighted by Gasteiger charge is 2.25. The molecule has 1 saturated heterocycles. The second-order valence-electron chi connectivity index (χ2n) is 8.50. The summed E-state index contributed by atoms with van der Waals surface area (Å²) in [6.07, 6.45) is 0. The van der Waals surface area contributed by atoms with E-state index in [9.17, 15) is 18.0 Å². The first-order valence-electron chi connectivity index (χ1n) is 11.8. The minimum atomic E-state index is -3.60. The largest absolute Gasteiger partial charge is 0.351 e. The van der Waals surface area contributed by atoms with Crippen LogP contribution < -0.4 is 5.32 Å². The van der Waals surface area contributed by atoms with Crippen LogP contribution in [-0.2, 0) is 14.8 Å². The van der Waals surface area contributed by atoms with Crippen LogP contribution in [0, 0.1) is 0 Å². The number of piperazine rings is 1. The molecule has 9 nitrogen and oxygen atoms in total. The molecule has 4 rings (SSSR count). The van der Waals surface area contributed by atoms with Crippen LogP contribution in [0.1, 0.15) is 24.3 Å². The number of hydrogen-bond donors (Lipinski definition) is 2. The van der Waals surface area contributed by atoms with E-state index in [0.717, 1.165) is 10.9 Å². The summed E-state index contributed by atoms with van der Waals surface area (Å²) in [5, 5.41) is 3.80. The maximum absolute atomic E-state index is 12.9. The molecule has 2 amide bonds. The van der Waals surface area contributed by atoms with E-state index in [1.54, 1.807) is 30.9 Å². The molecule has 1 aliphatic heterocycles. The van der Waals surface area contributed by atoms with Crippen molar-refractivity contribution in [3.8, 4) is 0 Å². The maximum Gasteiger partial charge on any atom is 0.270 e. The average Bonchev–Trinajstić information content (AvgIpc) is 3.29. The number of rotatable bonds is 8. The zero-order valence-electron chi connectivity index (χ0n) is 20.0. The zero-order valence-corrected chi connectivity index (χ0v) is 20.8. The molecule has 1 fully saturated rings. The van der Waals surface area contributed by atoms with E-state index in [0.29, 0.717) is 50.6 Å². The third-order valence-electron chi connectivity index (χ3n) is 6.25. The molecular formula is C25H31N5O4S. The van der Waals surface area contributed by atoms with Crippen LogP contribution in [0.4, 0.5) is 5.69 Å². The summed E-state index contributed by atoms with van der Waals surface area (Å²) in [5.74, 6) is -0.269. The van der Waals surface area contributed by atoms with Crippen LogP contribution >= 0.6 is 0 Å². The molecule has 2 heterocycles. The Labute approximate surface area is 205 Å². The molecule has 0 radical (unpaired) electrons. The normalized spacial score (nSPS) is 15.0. The van der Waals surface area contributed by atoms with Gasteiger partial charge in [-0.15, -0.1) is 0 Å². The van der Waals surface area contributed by atoms with Gasteiger partial charge < -0.3 is 15.2 Å². The number of fused-ring (bicyclic) bond motifs is 1. The number of sulfonamides is 1. The minimum Gasteiger partial charge on any atom is -0.351 e. The fourth-order valence-electron chi connectivity index (χ4n) is 4.32. The van der Waals surface area contributed by atoms with Gasteiger partial charge in [-0.1, -0.05) is 38.1 Å². The van der Waals surface area contributed by atoms with Gasteiger partial charge in [0.2, 0.25) is 15.9 Å². The SMILES string of the molecule is CCN(CC)S(=O)(=O)c1cccc(NC(=O)CN2CCN(C(=O)c3cc4ccccc4[nH]3)CC2)c1. The van der Waals surface area contributed by atoms with Gasteiger partial charge in [-0.3, -0.25) is 14.5 Å². The summed E-state index contributed by atoms with van der Waals surface area (Å²) in [6, 6.07) is 16.0. The van der Waals surface area contributed by atoms with Crippen molar-refractivity contribution >= 4 is 38.4 Å². The summed E-state index contributed by atoms with van der Waals surface area (Å²) in [5.41, 5.74) is 1.94. The van der Waals surface area contributed by atoms with Crippen molar-refractivity contribution in [2.45, 2.75) is 18.7 Å². The molecule has 0 bridgehead atoms. The standard InChI is InChI=1S/C25H31N5O4S/c1-3-30(4-2)35(33,34)21-10-7-9-20(17-21)26-24(31)18-28-12-14-29(15-13-28)25(32)23-16-19-8-5-6-11-22(19)27-23/h5-11,16-17,27H,3-4,12-15,18H2,1-2H3,(H,26,31). The number of nitrogens with zero attached hydrogens (tertiary/aromatic N) is 3. The van der Waals surface area contributed by atoms with Crippen molar-refractivity contribution in [1.82, 2.24) is 19.1 Å². The summed E-state index contributed by atoms with van der Waals surface area (Å²) in [6.45, 7) is 6.72. The predicted molar refractivity (Wildman–Crippen MR) is 136 cm³/mol. The number of H-pyrrole nitrogens is 1. The molecule has 0 spiro atoms. The number of carbonyl (C=O) groups is 2. The van der Waals surface area contributed by atoms with E-state index in [2.05, 4.69) is 10.3 Å². The summed E-state index contributed by atoms with van der Waals surface area (Å²) in [7, 11) is -3.60. The van der Waals surface area contributed by atoms with Gasteiger partial charge in [0.05, 0.1) is 11.4 Å². The van der Waals surface area contributed by atoms with E-state index in [1.807, 2.05) is 35.2 Å². The lowest BCUT2D eigenvalue weighted by molar-refractivity contribution is -0.117. The monoisotopic (exact) mass is 497 g/mol. The molecule has 35 heavy (non-hydrogen) atoms. The fraction of sp³-hybridized carbons (Fsp3) is 0.360. The quantitative estimate of drug-likeness (QED) is 0.498. The highest BCUT2D eigenvalue weighted by Crippen LogP contribution is 2.20. The zero-order chi connectivity index (χ0) is 25.0. The van der Waals surface area contributed by atoms with Gasteiger partial charge in [-0.2, -0.15) is 4.31 Å². The Bertz CT molecular complexity index is 1280. The number of carbonyl (C=O) groups excluding carboxylic acids is 2. The van der Waals surface area contributed by atoms with E-state index in [4.69, 9.17) is 0 Å². The topological polar surface area (TPSA) is 106 Å². The number of para-hydroxylation sites is 1. The van der Waals surface area contributed by atoms with Crippen LogP contribution in [0.25, 0.3) is 10.9 Å². The maximum atomic E-state index is 12.9. The van der Waals surface area contributed by atoms with Crippen LogP contribution in [0.3, 0.4) is 0 Å². The van der Waals surface area contributed by atoms with Gasteiger partial charge in [0.15, 0.2) is 0 Å². The van der Waals surface area contributed by atoms with Crippen LogP contribution in [0.15, 0.2) is 59.5 Å². The average molecular weight is 498 g/mol. The van der Waals surface area contributed by atoms with Crippen molar-refractivity contribution < 1.29 is 18.0 Å². The molecule has 3 aromatic rings. The van der Waals surface area contributed by atoms with Crippen molar-refractivity contribution in [3.05, 3.63) is 60.3 Å². The smallest absolute Gasteiger partial charge is 0.270 e. The number of nitrogens with one attached hydrogen (secondary N) is 2. The molecular weight excluding hydrogens is 466 g/mol. The lowest BCUT2D eigenvalue weighted by atomic mass is 10.2. The van der Waals surface area contributed by atoms with Gasteiger partial charge in [-0.25, -0.2) is 8.42 Å². The van der Waals surface area contributed by atoms with Crippen LogP contribution in [-0.4, -0.2) is 85.1 Å². The predicted octanol–water partition coefficient (Wildman–Crippen LogP) is 2.59. The summed E-state index contributed by atoms with van der Waals surface area (Å²) in [4.78, 5) is 32.6. The molecule has 1 aliphatic rings. The van der Waals surface area contributed by atoms with Crippen LogP contribution in [0.2, 0.25) is 0 Å². The number of aromatic nitrogens is 1.